The van der Waals surface area contributed by atoms with Gasteiger partial charge in [0.25, 0.3) is 0 Å². The Morgan fingerprint density at radius 3 is 2.63 bits per heavy atom. The number of ether oxygens (including phenoxy) is 1. The zero-order valence-electron chi connectivity index (χ0n) is 9.92. The molecule has 19 heavy (non-hydrogen) atoms. The van der Waals surface area contributed by atoms with Gasteiger partial charge in [-0.25, -0.2) is 9.59 Å². The number of benzene rings is 1. The summed E-state index contributed by atoms with van der Waals surface area (Å²) in [5.41, 5.74) is 0.833. The summed E-state index contributed by atoms with van der Waals surface area (Å²) in [6.45, 7) is 0.121. The third kappa shape index (κ3) is 3.35. The van der Waals surface area contributed by atoms with Gasteiger partial charge in [0, 0.05) is 6.20 Å². The molecular formula is C13H12N2O4. The molecule has 1 heterocycles. The third-order valence-electron chi connectivity index (χ3n) is 2.42. The topological polar surface area (TPSA) is 91.4 Å². The summed E-state index contributed by atoms with van der Waals surface area (Å²) in [5, 5.41) is 11.2. The Labute approximate surface area is 109 Å². The standard InChI is InChI=1S/C13H12N2O4/c16-12(17)10-6-7-14-11(10)15-13(18)19-8-9-4-2-1-3-5-9/h1-7,14H,8H2,(H,15,18)(H,16,17). The molecule has 0 atom stereocenters. The van der Waals surface area contributed by atoms with E-state index in [2.05, 4.69) is 10.3 Å². The van der Waals surface area contributed by atoms with Crippen LogP contribution in [0.25, 0.3) is 0 Å². The molecule has 0 unspecified atom stereocenters. The van der Waals surface area contributed by atoms with Crippen molar-refractivity contribution in [3.8, 4) is 0 Å². The van der Waals surface area contributed by atoms with Crippen molar-refractivity contribution in [2.45, 2.75) is 6.61 Å². The molecule has 0 fully saturated rings. The van der Waals surface area contributed by atoms with Gasteiger partial charge in [-0.15, -0.1) is 0 Å². The number of hydrogen-bond donors (Lipinski definition) is 3. The summed E-state index contributed by atoms with van der Waals surface area (Å²) in [5.74, 6) is -1.02. The van der Waals surface area contributed by atoms with Crippen LogP contribution in [0.2, 0.25) is 0 Å². The van der Waals surface area contributed by atoms with Crippen molar-refractivity contribution in [1.82, 2.24) is 4.98 Å². The van der Waals surface area contributed by atoms with Gasteiger partial charge in [-0.3, -0.25) is 5.32 Å². The van der Waals surface area contributed by atoms with E-state index >= 15 is 0 Å². The Morgan fingerprint density at radius 2 is 1.95 bits per heavy atom. The number of aromatic nitrogens is 1. The number of carbonyl (C=O) groups excluding carboxylic acids is 1. The molecule has 0 radical (unpaired) electrons. The Hall–Kier alpha value is -2.76. The fraction of sp³-hybridized carbons (Fsp3) is 0.0769. The number of H-pyrrole nitrogens is 1. The summed E-state index contributed by atoms with van der Waals surface area (Å²) in [6, 6.07) is 10.5. The van der Waals surface area contributed by atoms with Crippen LogP contribution in [-0.4, -0.2) is 22.2 Å². The van der Waals surface area contributed by atoms with Gasteiger partial charge in [-0.05, 0) is 11.6 Å². The van der Waals surface area contributed by atoms with Gasteiger partial charge in [0.1, 0.15) is 18.0 Å². The van der Waals surface area contributed by atoms with Crippen molar-refractivity contribution >= 4 is 17.9 Å². The van der Waals surface area contributed by atoms with E-state index < -0.39 is 12.1 Å². The molecular weight excluding hydrogens is 248 g/mol. The Morgan fingerprint density at radius 1 is 1.21 bits per heavy atom. The lowest BCUT2D eigenvalue weighted by molar-refractivity contribution is 0.0698. The highest BCUT2D eigenvalue weighted by molar-refractivity contribution is 5.97. The Kier molecular flexibility index (Phi) is 3.82. The minimum atomic E-state index is -1.13. The van der Waals surface area contributed by atoms with Gasteiger partial charge in [-0.2, -0.15) is 0 Å². The molecule has 2 aromatic rings. The van der Waals surface area contributed by atoms with E-state index in [-0.39, 0.29) is 18.0 Å². The maximum absolute atomic E-state index is 11.5. The molecule has 6 nitrogen and oxygen atoms in total. The summed E-state index contributed by atoms with van der Waals surface area (Å²) in [7, 11) is 0. The lowest BCUT2D eigenvalue weighted by Gasteiger charge is -2.06. The number of carbonyl (C=O) groups is 2. The monoisotopic (exact) mass is 260 g/mol. The fourth-order valence-corrected chi connectivity index (χ4v) is 1.51. The van der Waals surface area contributed by atoms with Gasteiger partial charge in [-0.1, -0.05) is 30.3 Å². The zero-order chi connectivity index (χ0) is 13.7. The number of aromatic carboxylic acids is 1. The summed E-state index contributed by atoms with van der Waals surface area (Å²) in [4.78, 5) is 25.0. The van der Waals surface area contributed by atoms with Crippen LogP contribution in [0, 0.1) is 0 Å². The van der Waals surface area contributed by atoms with E-state index in [1.165, 1.54) is 12.3 Å². The van der Waals surface area contributed by atoms with Crippen molar-refractivity contribution in [2.24, 2.45) is 0 Å². The Bertz CT molecular complexity index is 577. The number of anilines is 1. The quantitative estimate of drug-likeness (QED) is 0.787. The lowest BCUT2D eigenvalue weighted by atomic mass is 10.2. The van der Waals surface area contributed by atoms with Crippen molar-refractivity contribution in [1.29, 1.82) is 0 Å². The van der Waals surface area contributed by atoms with Gasteiger partial charge >= 0.3 is 12.1 Å². The maximum Gasteiger partial charge on any atom is 0.413 e. The van der Waals surface area contributed by atoms with Gasteiger partial charge < -0.3 is 14.8 Å². The molecule has 0 aliphatic heterocycles. The number of amides is 1. The number of carboxylic acid groups (broad SMARTS) is 1. The molecule has 0 bridgehead atoms. The van der Waals surface area contributed by atoms with Crippen LogP contribution in [-0.2, 0) is 11.3 Å². The first-order valence-electron chi connectivity index (χ1n) is 5.55. The van der Waals surface area contributed by atoms with Crippen LogP contribution >= 0.6 is 0 Å². The third-order valence-corrected chi connectivity index (χ3v) is 2.42. The van der Waals surface area contributed by atoms with Gasteiger partial charge in [0.15, 0.2) is 0 Å². The van der Waals surface area contributed by atoms with E-state index in [9.17, 15) is 9.59 Å². The Balaban J connectivity index is 1.91. The van der Waals surface area contributed by atoms with Crippen LogP contribution in [0.4, 0.5) is 10.6 Å². The second-order valence-electron chi connectivity index (χ2n) is 3.76. The van der Waals surface area contributed by atoms with Gasteiger partial charge in [0.2, 0.25) is 0 Å². The van der Waals surface area contributed by atoms with Crippen LogP contribution in [0.5, 0.6) is 0 Å². The highest BCUT2D eigenvalue weighted by Crippen LogP contribution is 2.13. The van der Waals surface area contributed by atoms with Gasteiger partial charge in [0.05, 0.1) is 0 Å². The molecule has 1 aromatic carbocycles. The fourth-order valence-electron chi connectivity index (χ4n) is 1.51. The maximum atomic E-state index is 11.5. The minimum Gasteiger partial charge on any atom is -0.478 e. The number of carboxylic acids is 1. The molecule has 0 aliphatic carbocycles. The van der Waals surface area contributed by atoms with Crippen molar-refractivity contribution in [3.05, 3.63) is 53.7 Å². The van der Waals surface area contributed by atoms with Crippen LogP contribution in [0.15, 0.2) is 42.6 Å². The molecule has 2 rings (SSSR count). The molecule has 0 saturated carbocycles. The number of aromatic amines is 1. The SMILES string of the molecule is O=C(Nc1[nH]ccc1C(=O)O)OCc1ccccc1. The first-order chi connectivity index (χ1) is 9.16. The molecule has 98 valence electrons. The number of nitrogens with one attached hydrogen (secondary N) is 2. The summed E-state index contributed by atoms with van der Waals surface area (Å²) in [6.07, 6.45) is 0.713. The number of hydrogen-bond acceptors (Lipinski definition) is 3. The van der Waals surface area contributed by atoms with Crippen LogP contribution in [0.3, 0.4) is 0 Å². The summed E-state index contributed by atoms with van der Waals surface area (Å²) < 4.78 is 4.97. The predicted molar refractivity (Wildman–Crippen MR) is 68.0 cm³/mol. The van der Waals surface area contributed by atoms with Crippen LogP contribution in [0.1, 0.15) is 15.9 Å². The first kappa shape index (κ1) is 12.7. The number of rotatable bonds is 4. The van der Waals surface area contributed by atoms with E-state index in [4.69, 9.17) is 9.84 Å². The smallest absolute Gasteiger partial charge is 0.413 e. The van der Waals surface area contributed by atoms with Crippen LogP contribution < -0.4 is 5.32 Å². The second kappa shape index (κ2) is 5.72. The highest BCUT2D eigenvalue weighted by Gasteiger charge is 2.13. The van der Waals surface area contributed by atoms with E-state index in [0.29, 0.717) is 0 Å². The minimum absolute atomic E-state index is 0.0170. The average molecular weight is 260 g/mol. The first-order valence-corrected chi connectivity index (χ1v) is 5.55. The van der Waals surface area contributed by atoms with E-state index in [1.807, 2.05) is 30.3 Å². The molecule has 6 heteroatoms. The zero-order valence-corrected chi connectivity index (χ0v) is 9.92. The molecule has 0 aliphatic rings. The largest absolute Gasteiger partial charge is 0.478 e. The normalized spacial score (nSPS) is 9.89. The summed E-state index contributed by atoms with van der Waals surface area (Å²) >= 11 is 0. The average Bonchev–Trinajstić information content (AvgIpc) is 2.86. The molecule has 1 amide bonds. The van der Waals surface area contributed by atoms with E-state index in [0.717, 1.165) is 5.56 Å². The van der Waals surface area contributed by atoms with E-state index in [1.54, 1.807) is 0 Å². The second-order valence-corrected chi connectivity index (χ2v) is 3.76. The van der Waals surface area contributed by atoms with Crippen molar-refractivity contribution in [3.63, 3.8) is 0 Å². The molecule has 0 saturated heterocycles. The highest BCUT2D eigenvalue weighted by atomic mass is 16.5. The molecule has 3 N–H and O–H groups in total. The van der Waals surface area contributed by atoms with Crippen molar-refractivity contribution < 1.29 is 19.4 Å². The molecule has 0 spiro atoms. The molecule has 1 aromatic heterocycles. The van der Waals surface area contributed by atoms with Crippen molar-refractivity contribution in [2.75, 3.05) is 5.32 Å². The lowest BCUT2D eigenvalue weighted by Crippen LogP contribution is -2.15. The predicted octanol–water partition coefficient (Wildman–Crippen LogP) is 2.46.